The van der Waals surface area contributed by atoms with Crippen LogP contribution in [0.3, 0.4) is 0 Å². The van der Waals surface area contributed by atoms with Gasteiger partial charge in [0.25, 0.3) is 16.0 Å². The second-order valence-electron chi connectivity index (χ2n) is 14.4. The van der Waals surface area contributed by atoms with E-state index in [1.54, 1.807) is 12.1 Å². The molecule has 0 saturated carbocycles. The fraction of sp³-hybridized carbons (Fsp3) is 0.333. The van der Waals surface area contributed by atoms with Crippen molar-refractivity contribution in [3.63, 3.8) is 0 Å². The first kappa shape index (κ1) is 38.0. The molecule has 0 radical (unpaired) electrons. The lowest BCUT2D eigenvalue weighted by atomic mass is 9.72. The minimum absolute atomic E-state index is 0.0661. The highest BCUT2D eigenvalue weighted by Gasteiger charge is 2.27. The number of nitrogens with one attached hydrogen (secondary N) is 2. The molecule has 2 amide bonds. The van der Waals surface area contributed by atoms with Gasteiger partial charge in [0.2, 0.25) is 5.91 Å². The highest BCUT2D eigenvalue weighted by Crippen LogP contribution is 2.40. The van der Waals surface area contributed by atoms with Crippen LogP contribution in [0.15, 0.2) is 97.1 Å². The zero-order chi connectivity index (χ0) is 36.8. The topological polar surface area (TPSA) is 102 Å². The average molecular weight is 727 g/mol. The van der Waals surface area contributed by atoms with E-state index >= 15 is 0 Å². The summed E-state index contributed by atoms with van der Waals surface area (Å²) in [5.41, 5.74) is 8.88. The van der Waals surface area contributed by atoms with Gasteiger partial charge < -0.3 is 10.6 Å². The third-order valence-electron chi connectivity index (χ3n) is 9.84. The Labute approximate surface area is 307 Å². The van der Waals surface area contributed by atoms with Crippen LogP contribution in [0.1, 0.15) is 78.6 Å². The molecule has 1 aliphatic rings. The van der Waals surface area contributed by atoms with Crippen molar-refractivity contribution in [2.24, 2.45) is 11.3 Å². The summed E-state index contributed by atoms with van der Waals surface area (Å²) < 4.78 is 27.6. The molecule has 2 atom stereocenters. The first-order valence-corrected chi connectivity index (χ1v) is 19.3. The van der Waals surface area contributed by atoms with Crippen LogP contribution >= 0.6 is 11.6 Å². The maximum Gasteiger partial charge on any atom is 0.268 e. The summed E-state index contributed by atoms with van der Waals surface area (Å²) in [6.07, 6.45) is 6.07. The van der Waals surface area contributed by atoms with E-state index in [-0.39, 0.29) is 29.5 Å². The second kappa shape index (κ2) is 16.4. The van der Waals surface area contributed by atoms with Gasteiger partial charge in [0, 0.05) is 22.8 Å². The zero-order valence-corrected chi connectivity index (χ0v) is 31.5. The monoisotopic (exact) mass is 726 g/mol. The quantitative estimate of drug-likeness (QED) is 0.142. The van der Waals surface area contributed by atoms with E-state index in [0.29, 0.717) is 28.6 Å². The molecule has 9 heteroatoms. The third kappa shape index (κ3) is 10.2. The SMILES string of the molecule is COS(=O)(=O)CCNC(=O)c1ccc(C[C@@H](C(=O)Nc2ccc(-c3ccc(Cl)cc3C)cc2)c2ccc(C3=CC[C@@H](C(C)(C)C)CC3)cc2)cc1. The number of carbonyl (C=O) groups excluding carboxylic acids is 2. The van der Waals surface area contributed by atoms with Crippen LogP contribution in [0, 0.1) is 18.3 Å². The number of anilines is 1. The minimum Gasteiger partial charge on any atom is -0.351 e. The highest BCUT2D eigenvalue weighted by molar-refractivity contribution is 7.86. The van der Waals surface area contributed by atoms with Gasteiger partial charge in [-0.3, -0.25) is 13.8 Å². The summed E-state index contributed by atoms with van der Waals surface area (Å²) in [5.74, 6) is -0.671. The molecule has 0 saturated heterocycles. The van der Waals surface area contributed by atoms with Crippen molar-refractivity contribution < 1.29 is 22.2 Å². The highest BCUT2D eigenvalue weighted by atomic mass is 35.5. The molecule has 0 aliphatic heterocycles. The summed E-state index contributed by atoms with van der Waals surface area (Å²) in [6, 6.07) is 29.0. The fourth-order valence-corrected chi connectivity index (χ4v) is 7.34. The molecule has 0 fully saturated rings. The Morgan fingerprint density at radius 3 is 2.18 bits per heavy atom. The van der Waals surface area contributed by atoms with Gasteiger partial charge in [0.15, 0.2) is 0 Å². The van der Waals surface area contributed by atoms with E-state index in [2.05, 4.69) is 65.9 Å². The molecule has 0 spiro atoms. The number of benzene rings is 4. The Bertz CT molecular complexity index is 1980. The number of carbonyl (C=O) groups is 2. The van der Waals surface area contributed by atoms with Gasteiger partial charge in [-0.15, -0.1) is 0 Å². The summed E-state index contributed by atoms with van der Waals surface area (Å²) in [6.45, 7) is 8.89. The lowest BCUT2D eigenvalue weighted by Gasteiger charge is -2.33. The lowest BCUT2D eigenvalue weighted by Crippen LogP contribution is -2.29. The molecule has 5 rings (SSSR count). The van der Waals surface area contributed by atoms with Crippen LogP contribution in [-0.4, -0.2) is 39.6 Å². The zero-order valence-electron chi connectivity index (χ0n) is 30.0. The normalized spacial score (nSPS) is 15.5. The summed E-state index contributed by atoms with van der Waals surface area (Å²) in [5, 5.41) is 6.44. The predicted octanol–water partition coefficient (Wildman–Crippen LogP) is 9.22. The first-order chi connectivity index (χ1) is 24.2. The van der Waals surface area contributed by atoms with E-state index in [0.717, 1.165) is 47.8 Å². The predicted molar refractivity (Wildman–Crippen MR) is 207 cm³/mol. The Hall–Kier alpha value is -4.24. The van der Waals surface area contributed by atoms with Gasteiger partial charge in [-0.05, 0) is 119 Å². The molecule has 4 aromatic rings. The van der Waals surface area contributed by atoms with Crippen LogP contribution in [-0.2, 0) is 25.5 Å². The van der Waals surface area contributed by atoms with Crippen molar-refractivity contribution in [1.29, 1.82) is 0 Å². The van der Waals surface area contributed by atoms with Crippen molar-refractivity contribution in [2.45, 2.75) is 59.3 Å². The average Bonchev–Trinajstić information content (AvgIpc) is 3.11. The molecule has 1 aliphatic carbocycles. The number of halogens is 1. The molecule has 0 unspecified atom stereocenters. The second-order valence-corrected chi connectivity index (χ2v) is 16.6. The van der Waals surface area contributed by atoms with E-state index < -0.39 is 16.0 Å². The number of rotatable bonds is 12. The van der Waals surface area contributed by atoms with Gasteiger partial charge in [-0.2, -0.15) is 8.42 Å². The Morgan fingerprint density at radius 2 is 1.59 bits per heavy atom. The van der Waals surface area contributed by atoms with Crippen LogP contribution in [0.4, 0.5) is 5.69 Å². The first-order valence-electron chi connectivity index (χ1n) is 17.3. The van der Waals surface area contributed by atoms with Crippen LogP contribution in [0.25, 0.3) is 16.7 Å². The lowest BCUT2D eigenvalue weighted by molar-refractivity contribution is -0.117. The molecule has 4 aromatic carbocycles. The molecular formula is C42H47ClN2O5S. The van der Waals surface area contributed by atoms with Crippen LogP contribution in [0.2, 0.25) is 5.02 Å². The molecule has 51 heavy (non-hydrogen) atoms. The molecule has 2 N–H and O–H groups in total. The minimum atomic E-state index is -3.67. The number of aryl methyl sites for hydroxylation is 1. The van der Waals surface area contributed by atoms with Gasteiger partial charge in [0.1, 0.15) is 0 Å². The number of hydrogen-bond acceptors (Lipinski definition) is 5. The summed E-state index contributed by atoms with van der Waals surface area (Å²) in [7, 11) is -2.58. The van der Waals surface area contributed by atoms with E-state index in [1.807, 2.05) is 61.5 Å². The number of allylic oxidation sites excluding steroid dienone is 2. The summed E-state index contributed by atoms with van der Waals surface area (Å²) in [4.78, 5) is 26.7. The van der Waals surface area contributed by atoms with Gasteiger partial charge >= 0.3 is 0 Å². The van der Waals surface area contributed by atoms with Gasteiger partial charge in [0.05, 0.1) is 18.8 Å². The largest absolute Gasteiger partial charge is 0.351 e. The van der Waals surface area contributed by atoms with Crippen molar-refractivity contribution in [2.75, 3.05) is 24.7 Å². The fourth-order valence-electron chi connectivity index (χ4n) is 6.59. The molecule has 0 bridgehead atoms. The maximum atomic E-state index is 14.0. The van der Waals surface area contributed by atoms with Crippen molar-refractivity contribution >= 4 is 44.8 Å². The molecule has 0 aromatic heterocycles. The number of amides is 2. The van der Waals surface area contributed by atoms with E-state index in [4.69, 9.17) is 11.6 Å². The molecule has 268 valence electrons. The molecular weight excluding hydrogens is 680 g/mol. The standard InChI is InChI=1S/C42H47ClN2O5S/c1-28-26-36(43)20-23-38(28)32-16-21-37(22-17-32)45-41(47)39(27-29-6-8-34(9-7-29)40(46)44-24-25-51(48,49)50-5)33-12-10-30(11-13-33)31-14-18-35(19-15-31)42(2,3)4/h6-14,16-17,20-23,26,35,39H,15,18-19,24-25,27H2,1-5H3,(H,44,46)(H,45,47)/t35-,39-/m1/s1. The van der Waals surface area contributed by atoms with Gasteiger partial charge in [-0.1, -0.05) is 93.0 Å². The van der Waals surface area contributed by atoms with E-state index in [1.165, 1.54) is 17.6 Å². The van der Waals surface area contributed by atoms with Crippen molar-refractivity contribution in [3.8, 4) is 11.1 Å². The Morgan fingerprint density at radius 1 is 0.922 bits per heavy atom. The van der Waals surface area contributed by atoms with Gasteiger partial charge in [-0.25, -0.2) is 0 Å². The molecule has 7 nitrogen and oxygen atoms in total. The van der Waals surface area contributed by atoms with Crippen molar-refractivity contribution in [1.82, 2.24) is 5.32 Å². The smallest absolute Gasteiger partial charge is 0.268 e. The van der Waals surface area contributed by atoms with Crippen LogP contribution < -0.4 is 10.6 Å². The van der Waals surface area contributed by atoms with Crippen molar-refractivity contribution in [3.05, 3.63) is 130 Å². The van der Waals surface area contributed by atoms with Crippen LogP contribution in [0.5, 0.6) is 0 Å². The Balaban J connectivity index is 1.34. The third-order valence-corrected chi connectivity index (χ3v) is 11.3. The maximum absolute atomic E-state index is 14.0. The molecule has 0 heterocycles. The summed E-state index contributed by atoms with van der Waals surface area (Å²) >= 11 is 6.16. The number of hydrogen-bond donors (Lipinski definition) is 2. The Kier molecular flexibility index (Phi) is 12.2. The van der Waals surface area contributed by atoms with E-state index in [9.17, 15) is 18.0 Å².